The average Bonchev–Trinajstić information content (AvgIpc) is 3.18. The van der Waals surface area contributed by atoms with Crippen LogP contribution in [-0.2, 0) is 11.0 Å². The third-order valence-electron chi connectivity index (χ3n) is 5.27. The molecule has 0 radical (unpaired) electrons. The molecule has 1 aliphatic rings. The van der Waals surface area contributed by atoms with E-state index >= 15 is 0 Å². The van der Waals surface area contributed by atoms with Gasteiger partial charge in [-0.05, 0) is 68.8 Å². The van der Waals surface area contributed by atoms with Crippen molar-refractivity contribution < 1.29 is 18.0 Å². The maximum absolute atomic E-state index is 13.1. The molecule has 3 aromatic rings. The summed E-state index contributed by atoms with van der Waals surface area (Å²) in [6.07, 6.45) is -2.67. The summed E-state index contributed by atoms with van der Waals surface area (Å²) >= 11 is 0. The van der Waals surface area contributed by atoms with Gasteiger partial charge in [0.1, 0.15) is 0 Å². The first-order valence-corrected chi connectivity index (χ1v) is 9.70. The van der Waals surface area contributed by atoms with Crippen LogP contribution in [0.15, 0.2) is 71.3 Å². The predicted molar refractivity (Wildman–Crippen MR) is 115 cm³/mol. The summed E-state index contributed by atoms with van der Waals surface area (Å²) in [4.78, 5) is 13.0. The highest BCUT2D eigenvalue weighted by Gasteiger charge is 2.31. The lowest BCUT2D eigenvalue weighted by Gasteiger charge is -2.13. The molecule has 0 spiro atoms. The van der Waals surface area contributed by atoms with Gasteiger partial charge in [0.05, 0.1) is 22.5 Å². The highest BCUT2D eigenvalue weighted by molar-refractivity contribution is 6.32. The molecular formula is C24H20F3N3O. The zero-order chi connectivity index (χ0) is 22.3. The minimum atomic E-state index is -4.42. The number of carbonyl (C=O) groups is 1. The van der Waals surface area contributed by atoms with Gasteiger partial charge in [-0.2, -0.15) is 23.3 Å². The van der Waals surface area contributed by atoms with Crippen LogP contribution in [0.2, 0.25) is 0 Å². The first-order chi connectivity index (χ1) is 14.7. The summed E-state index contributed by atoms with van der Waals surface area (Å²) in [6.45, 7) is 5.40. The molecule has 1 aliphatic heterocycles. The monoisotopic (exact) mass is 423 g/mol. The Labute approximate surface area is 177 Å². The number of nitrogens with zero attached hydrogens (tertiary/aromatic N) is 3. The molecule has 0 unspecified atom stereocenters. The van der Waals surface area contributed by atoms with Gasteiger partial charge in [-0.1, -0.05) is 24.3 Å². The first-order valence-electron chi connectivity index (χ1n) is 9.70. The predicted octanol–water partition coefficient (Wildman–Crippen LogP) is 5.92. The second-order valence-electron chi connectivity index (χ2n) is 7.41. The Morgan fingerprint density at radius 1 is 0.903 bits per heavy atom. The van der Waals surface area contributed by atoms with Gasteiger partial charge in [0.2, 0.25) is 0 Å². The lowest BCUT2D eigenvalue weighted by atomic mass is 10.1. The minimum Gasteiger partial charge on any atom is -0.318 e. The highest BCUT2D eigenvalue weighted by Crippen LogP contribution is 2.32. The van der Waals surface area contributed by atoms with Gasteiger partial charge in [0.15, 0.2) is 0 Å². The van der Waals surface area contributed by atoms with E-state index in [2.05, 4.69) is 5.10 Å². The number of rotatable bonds is 3. The Morgan fingerprint density at radius 2 is 1.58 bits per heavy atom. The highest BCUT2D eigenvalue weighted by atomic mass is 19.4. The molecular weight excluding hydrogens is 403 g/mol. The number of aryl methyl sites for hydroxylation is 1. The van der Waals surface area contributed by atoms with Crippen LogP contribution >= 0.6 is 0 Å². The maximum atomic E-state index is 13.1. The fourth-order valence-corrected chi connectivity index (χ4v) is 3.74. The van der Waals surface area contributed by atoms with Crippen LogP contribution < -0.4 is 5.01 Å². The number of alkyl halides is 3. The van der Waals surface area contributed by atoms with Crippen molar-refractivity contribution in [2.24, 2.45) is 5.10 Å². The van der Waals surface area contributed by atoms with Crippen LogP contribution in [-0.4, -0.2) is 16.2 Å². The van der Waals surface area contributed by atoms with Gasteiger partial charge in [-0.3, -0.25) is 4.79 Å². The van der Waals surface area contributed by atoms with E-state index in [-0.39, 0.29) is 5.91 Å². The molecule has 0 saturated heterocycles. The van der Waals surface area contributed by atoms with Crippen molar-refractivity contribution in [1.29, 1.82) is 0 Å². The van der Waals surface area contributed by atoms with Crippen LogP contribution in [0.4, 0.5) is 18.9 Å². The van der Waals surface area contributed by atoms with Gasteiger partial charge in [-0.15, -0.1) is 0 Å². The van der Waals surface area contributed by atoms with Gasteiger partial charge >= 0.3 is 6.18 Å². The van der Waals surface area contributed by atoms with Gasteiger partial charge < -0.3 is 4.57 Å². The Kier molecular flexibility index (Phi) is 5.05. The normalized spacial score (nSPS) is 15.7. The molecule has 4 rings (SSSR count). The van der Waals surface area contributed by atoms with E-state index in [0.717, 1.165) is 29.1 Å². The molecule has 2 heterocycles. The summed E-state index contributed by atoms with van der Waals surface area (Å²) in [5.74, 6) is -0.243. The summed E-state index contributed by atoms with van der Waals surface area (Å²) in [5, 5.41) is 5.73. The first kappa shape index (κ1) is 20.7. The second kappa shape index (κ2) is 7.58. The van der Waals surface area contributed by atoms with E-state index in [9.17, 15) is 18.0 Å². The third kappa shape index (κ3) is 3.79. The largest absolute Gasteiger partial charge is 0.416 e. The lowest BCUT2D eigenvalue weighted by Crippen LogP contribution is -2.21. The van der Waals surface area contributed by atoms with Crippen molar-refractivity contribution in [3.63, 3.8) is 0 Å². The molecule has 7 heteroatoms. The fourth-order valence-electron chi connectivity index (χ4n) is 3.74. The van der Waals surface area contributed by atoms with E-state index < -0.39 is 11.7 Å². The smallest absolute Gasteiger partial charge is 0.318 e. The molecule has 0 aliphatic carbocycles. The molecule has 0 saturated carbocycles. The number of anilines is 1. The quantitative estimate of drug-likeness (QED) is 0.482. The molecule has 158 valence electrons. The van der Waals surface area contributed by atoms with Crippen molar-refractivity contribution in [2.45, 2.75) is 26.9 Å². The van der Waals surface area contributed by atoms with Crippen molar-refractivity contribution in [1.82, 2.24) is 4.57 Å². The number of para-hydroxylation sites is 1. The topological polar surface area (TPSA) is 37.6 Å². The average molecular weight is 423 g/mol. The molecule has 0 atom stereocenters. The van der Waals surface area contributed by atoms with E-state index in [4.69, 9.17) is 0 Å². The van der Waals surface area contributed by atoms with Crippen LogP contribution in [0.3, 0.4) is 0 Å². The second-order valence-corrected chi connectivity index (χ2v) is 7.41. The van der Waals surface area contributed by atoms with Crippen LogP contribution in [0.25, 0.3) is 11.8 Å². The van der Waals surface area contributed by atoms with Crippen LogP contribution in [0.5, 0.6) is 0 Å². The van der Waals surface area contributed by atoms with E-state index in [1.54, 1.807) is 35.8 Å². The molecule has 1 aromatic heterocycles. The number of benzene rings is 2. The number of amides is 1. The number of hydrazone groups is 1. The number of carbonyl (C=O) groups excluding carboxylic acids is 1. The SMILES string of the molecule is CC1=NN(c2ccccc2)C(=O)/C1=C\c1cc(C)n(-c2cccc(C(F)(F)F)c2)c1C. The Bertz CT molecular complexity index is 1220. The van der Waals surface area contributed by atoms with Gasteiger partial charge in [0.25, 0.3) is 5.91 Å². The molecule has 4 nitrogen and oxygen atoms in total. The fraction of sp³-hybridized carbons (Fsp3) is 0.167. The molecule has 1 amide bonds. The summed E-state index contributed by atoms with van der Waals surface area (Å²) in [7, 11) is 0. The third-order valence-corrected chi connectivity index (χ3v) is 5.27. The Morgan fingerprint density at radius 3 is 2.26 bits per heavy atom. The van der Waals surface area contributed by atoms with Crippen molar-refractivity contribution in [2.75, 3.05) is 5.01 Å². The zero-order valence-corrected chi connectivity index (χ0v) is 17.2. The molecule has 0 N–H and O–H groups in total. The zero-order valence-electron chi connectivity index (χ0n) is 17.2. The molecule has 2 aromatic carbocycles. The van der Waals surface area contributed by atoms with E-state index in [1.165, 1.54) is 11.1 Å². The number of hydrogen-bond acceptors (Lipinski definition) is 2. The van der Waals surface area contributed by atoms with Crippen molar-refractivity contribution >= 4 is 23.4 Å². The minimum absolute atomic E-state index is 0.243. The summed E-state index contributed by atoms with van der Waals surface area (Å²) in [5.41, 5.74) is 3.68. The number of hydrogen-bond donors (Lipinski definition) is 0. The molecule has 0 bridgehead atoms. The maximum Gasteiger partial charge on any atom is 0.416 e. The van der Waals surface area contributed by atoms with Crippen molar-refractivity contribution in [3.05, 3.63) is 88.8 Å². The Balaban J connectivity index is 1.73. The van der Waals surface area contributed by atoms with Crippen molar-refractivity contribution in [3.8, 4) is 5.69 Å². The lowest BCUT2D eigenvalue weighted by molar-refractivity contribution is -0.137. The van der Waals surface area contributed by atoms with E-state index in [0.29, 0.717) is 22.7 Å². The van der Waals surface area contributed by atoms with Crippen LogP contribution in [0.1, 0.15) is 29.4 Å². The van der Waals surface area contributed by atoms with E-state index in [1.807, 2.05) is 38.1 Å². The van der Waals surface area contributed by atoms with Crippen LogP contribution in [0, 0.1) is 13.8 Å². The summed E-state index contributed by atoms with van der Waals surface area (Å²) < 4.78 is 41.2. The molecule has 31 heavy (non-hydrogen) atoms. The summed E-state index contributed by atoms with van der Waals surface area (Å²) in [6, 6.07) is 16.2. The molecule has 0 fully saturated rings. The van der Waals surface area contributed by atoms with Gasteiger partial charge in [0, 0.05) is 17.1 Å². The van der Waals surface area contributed by atoms with Gasteiger partial charge in [-0.25, -0.2) is 0 Å². The standard InChI is InChI=1S/C24H20F3N3O/c1-15-12-18(17(3)29(15)21-11-7-8-19(14-21)24(25,26)27)13-22-16(2)28-30(23(22)31)20-9-5-4-6-10-20/h4-14H,1-3H3/b22-13-. The number of halogens is 3. The number of aromatic nitrogens is 1. The Hall–Kier alpha value is -3.61.